The van der Waals surface area contributed by atoms with Gasteiger partial charge in [0, 0.05) is 18.3 Å². The molecular formula is C10H23N2PS. The molecule has 0 bridgehead atoms. The van der Waals surface area contributed by atoms with Gasteiger partial charge in [-0.25, -0.2) is 0 Å². The molecule has 0 radical (unpaired) electrons. The Labute approximate surface area is 93.3 Å². The first-order valence-corrected chi connectivity index (χ1v) is 9.29. The second kappa shape index (κ2) is 5.60. The summed E-state index contributed by atoms with van der Waals surface area (Å²) in [5.74, 6) is 0. The van der Waals surface area contributed by atoms with Gasteiger partial charge in [0.15, 0.2) is 0 Å². The van der Waals surface area contributed by atoms with Gasteiger partial charge in [-0.3, -0.25) is 5.09 Å². The molecule has 0 aromatic heterocycles. The van der Waals surface area contributed by atoms with Crippen molar-refractivity contribution in [3.05, 3.63) is 0 Å². The third kappa shape index (κ3) is 4.39. The van der Waals surface area contributed by atoms with Gasteiger partial charge in [0.1, 0.15) is 0 Å². The van der Waals surface area contributed by atoms with E-state index < -0.39 is 6.19 Å². The Morgan fingerprint density at radius 2 is 1.79 bits per heavy atom. The fraction of sp³-hybridized carbons (Fsp3) is 1.00. The Bertz CT molecular complexity index is 212. The molecule has 4 heteroatoms. The molecule has 2 nitrogen and oxygen atoms in total. The number of hydrogen-bond donors (Lipinski definition) is 2. The van der Waals surface area contributed by atoms with Crippen molar-refractivity contribution in [1.82, 2.24) is 10.4 Å². The molecule has 84 valence electrons. The van der Waals surface area contributed by atoms with Crippen molar-refractivity contribution in [2.75, 3.05) is 19.9 Å². The molecule has 1 fully saturated rings. The third-order valence-corrected chi connectivity index (χ3v) is 3.98. The van der Waals surface area contributed by atoms with Gasteiger partial charge in [0.2, 0.25) is 0 Å². The molecule has 0 aliphatic heterocycles. The monoisotopic (exact) mass is 234 g/mol. The summed E-state index contributed by atoms with van der Waals surface area (Å²) < 4.78 is 0. The number of likely N-dealkylation sites (N-methyl/N-ethyl adjacent to an activating group) is 1. The molecule has 0 saturated heterocycles. The van der Waals surface area contributed by atoms with Gasteiger partial charge in [-0.1, -0.05) is 31.6 Å². The zero-order valence-electron chi connectivity index (χ0n) is 9.55. The maximum Gasteiger partial charge on any atom is 0.0263 e. The first-order valence-electron chi connectivity index (χ1n) is 5.59. The normalized spacial score (nSPS) is 29.1. The second-order valence-corrected chi connectivity index (χ2v) is 10.2. The summed E-state index contributed by atoms with van der Waals surface area (Å²) in [7, 11) is 0. The van der Waals surface area contributed by atoms with Gasteiger partial charge in [-0.2, -0.15) is 0 Å². The summed E-state index contributed by atoms with van der Waals surface area (Å²) in [5, 5.41) is 7.22. The summed E-state index contributed by atoms with van der Waals surface area (Å²) in [5.41, 5.74) is 0. The minimum Gasteiger partial charge on any atom is -0.313 e. The van der Waals surface area contributed by atoms with E-state index in [0.29, 0.717) is 12.1 Å². The SMILES string of the molecule is CCN[C@@H]1CCCC[C@H]1NP(C)(C)=S. The van der Waals surface area contributed by atoms with Gasteiger partial charge < -0.3 is 5.32 Å². The smallest absolute Gasteiger partial charge is 0.0263 e. The Hall–Kier alpha value is 0.570. The van der Waals surface area contributed by atoms with Crippen LogP contribution in [0.4, 0.5) is 0 Å². The zero-order valence-corrected chi connectivity index (χ0v) is 11.3. The van der Waals surface area contributed by atoms with Crippen LogP contribution in [0.15, 0.2) is 0 Å². The number of rotatable bonds is 4. The molecule has 1 saturated carbocycles. The molecule has 14 heavy (non-hydrogen) atoms. The summed E-state index contributed by atoms with van der Waals surface area (Å²) in [6.07, 6.45) is 4.07. The van der Waals surface area contributed by atoms with Crippen LogP contribution in [0.2, 0.25) is 0 Å². The van der Waals surface area contributed by atoms with Crippen LogP contribution in [0.3, 0.4) is 0 Å². The lowest BCUT2D eigenvalue weighted by Gasteiger charge is -2.35. The molecule has 0 unspecified atom stereocenters. The highest BCUT2D eigenvalue weighted by Crippen LogP contribution is 2.34. The van der Waals surface area contributed by atoms with Crippen LogP contribution in [-0.4, -0.2) is 32.0 Å². The van der Waals surface area contributed by atoms with Crippen LogP contribution in [0.5, 0.6) is 0 Å². The predicted molar refractivity (Wildman–Crippen MR) is 69.0 cm³/mol. The number of hydrogen-bond acceptors (Lipinski definition) is 2. The Morgan fingerprint density at radius 3 is 2.29 bits per heavy atom. The molecule has 2 N–H and O–H groups in total. The molecule has 1 aliphatic carbocycles. The van der Waals surface area contributed by atoms with Crippen LogP contribution in [-0.2, 0) is 11.8 Å². The lowest BCUT2D eigenvalue weighted by molar-refractivity contribution is 0.318. The molecule has 0 amide bonds. The highest BCUT2D eigenvalue weighted by molar-refractivity contribution is 8.13. The third-order valence-electron chi connectivity index (χ3n) is 2.71. The van der Waals surface area contributed by atoms with E-state index in [1.54, 1.807) is 0 Å². The Morgan fingerprint density at radius 1 is 1.21 bits per heavy atom. The van der Waals surface area contributed by atoms with E-state index in [9.17, 15) is 0 Å². The van der Waals surface area contributed by atoms with E-state index in [2.05, 4.69) is 30.7 Å². The molecule has 0 heterocycles. The zero-order chi connectivity index (χ0) is 10.6. The van der Waals surface area contributed by atoms with Gasteiger partial charge in [0.05, 0.1) is 0 Å². The van der Waals surface area contributed by atoms with Crippen molar-refractivity contribution in [2.24, 2.45) is 0 Å². The van der Waals surface area contributed by atoms with Crippen molar-refractivity contribution in [3.63, 3.8) is 0 Å². The van der Waals surface area contributed by atoms with Gasteiger partial charge in [-0.15, -0.1) is 0 Å². The second-order valence-electron chi connectivity index (χ2n) is 4.54. The Kier molecular flexibility index (Phi) is 5.05. The summed E-state index contributed by atoms with van der Waals surface area (Å²) in [6.45, 7) is 7.61. The van der Waals surface area contributed by atoms with Crippen LogP contribution in [0.25, 0.3) is 0 Å². The lowest BCUT2D eigenvalue weighted by atomic mass is 9.91. The van der Waals surface area contributed by atoms with Gasteiger partial charge >= 0.3 is 0 Å². The average Bonchev–Trinajstić information content (AvgIpc) is 2.06. The fourth-order valence-electron chi connectivity index (χ4n) is 2.19. The molecule has 1 rings (SSSR count). The minimum atomic E-state index is -1.25. The number of nitrogens with one attached hydrogen (secondary N) is 2. The van der Waals surface area contributed by atoms with Crippen molar-refractivity contribution < 1.29 is 0 Å². The Balaban J connectivity index is 2.49. The van der Waals surface area contributed by atoms with Crippen LogP contribution < -0.4 is 10.4 Å². The summed E-state index contributed by atoms with van der Waals surface area (Å²) >= 11 is 5.48. The standard InChI is InChI=1S/C10H23N2PS/c1-4-11-9-7-5-6-8-10(9)12-13(2,3)14/h9-11H,4-8H2,1-3H3,(H,12,14)/t9-,10-/m1/s1. The maximum absolute atomic E-state index is 5.48. The van der Waals surface area contributed by atoms with Crippen molar-refractivity contribution in [2.45, 2.75) is 44.7 Å². The topological polar surface area (TPSA) is 24.1 Å². The summed E-state index contributed by atoms with van der Waals surface area (Å²) in [6, 6.07) is 1.26. The predicted octanol–water partition coefficient (Wildman–Crippen LogP) is 2.15. The van der Waals surface area contributed by atoms with Gasteiger partial charge in [0.25, 0.3) is 0 Å². The minimum absolute atomic E-state index is 0.615. The van der Waals surface area contributed by atoms with Crippen molar-refractivity contribution >= 4 is 18.0 Å². The van der Waals surface area contributed by atoms with E-state index in [4.69, 9.17) is 11.8 Å². The quantitative estimate of drug-likeness (QED) is 0.729. The molecule has 0 aromatic rings. The van der Waals surface area contributed by atoms with E-state index in [0.717, 1.165) is 6.54 Å². The summed E-state index contributed by atoms with van der Waals surface area (Å²) in [4.78, 5) is 0. The van der Waals surface area contributed by atoms with Crippen molar-refractivity contribution in [3.8, 4) is 0 Å². The lowest BCUT2D eigenvalue weighted by Crippen LogP contribution is -2.48. The van der Waals surface area contributed by atoms with E-state index in [-0.39, 0.29) is 0 Å². The largest absolute Gasteiger partial charge is 0.313 e. The fourth-order valence-corrected chi connectivity index (χ4v) is 3.71. The molecule has 0 aromatic carbocycles. The highest BCUT2D eigenvalue weighted by atomic mass is 32.4. The average molecular weight is 234 g/mol. The van der Waals surface area contributed by atoms with Crippen molar-refractivity contribution in [1.29, 1.82) is 0 Å². The van der Waals surface area contributed by atoms with E-state index in [1.165, 1.54) is 25.7 Å². The first kappa shape index (κ1) is 12.6. The molecule has 2 atom stereocenters. The van der Waals surface area contributed by atoms with E-state index in [1.807, 2.05) is 0 Å². The van der Waals surface area contributed by atoms with Crippen LogP contribution in [0.1, 0.15) is 32.6 Å². The molecule has 0 spiro atoms. The first-order chi connectivity index (χ1) is 6.53. The highest BCUT2D eigenvalue weighted by Gasteiger charge is 2.25. The van der Waals surface area contributed by atoms with Gasteiger partial charge in [-0.05, 0) is 32.7 Å². The van der Waals surface area contributed by atoms with E-state index >= 15 is 0 Å². The van der Waals surface area contributed by atoms with Crippen LogP contribution in [0, 0.1) is 0 Å². The van der Waals surface area contributed by atoms with Crippen LogP contribution >= 0.6 is 6.19 Å². The molecular weight excluding hydrogens is 211 g/mol. The molecule has 1 aliphatic rings. The maximum atomic E-state index is 5.48.